The molecular weight excluding hydrogens is 260 g/mol. The van der Waals surface area contributed by atoms with E-state index in [1.54, 1.807) is 19.1 Å². The first-order valence-electron chi connectivity index (χ1n) is 7.77. The van der Waals surface area contributed by atoms with Crippen LogP contribution in [0.25, 0.3) is 0 Å². The van der Waals surface area contributed by atoms with Gasteiger partial charge in [0.2, 0.25) is 0 Å². The minimum atomic E-state index is -0.981. The lowest BCUT2D eigenvalue weighted by Crippen LogP contribution is -2.21. The summed E-state index contributed by atoms with van der Waals surface area (Å²) < 4.78 is 0. The first-order chi connectivity index (χ1) is 9.68. The summed E-state index contributed by atoms with van der Waals surface area (Å²) in [4.78, 5) is 0. The first kappa shape index (κ1) is 17.9. The molecule has 0 saturated carbocycles. The van der Waals surface area contributed by atoms with E-state index in [2.05, 4.69) is 26.8 Å². The average molecular weight is 290 g/mol. The molecule has 0 radical (unpaired) electrons. The summed E-state index contributed by atoms with van der Waals surface area (Å²) in [6.45, 7) is 10.4. The molecule has 1 aliphatic rings. The Balaban J connectivity index is 2.90. The van der Waals surface area contributed by atoms with E-state index in [0.29, 0.717) is 0 Å². The molecule has 0 aromatic carbocycles. The van der Waals surface area contributed by atoms with Crippen LogP contribution in [-0.2, 0) is 0 Å². The lowest BCUT2D eigenvalue weighted by molar-refractivity contribution is 0.163. The van der Waals surface area contributed by atoms with Gasteiger partial charge >= 0.3 is 0 Å². The molecule has 0 amide bonds. The Labute approximate surface area is 129 Å². The molecule has 2 N–H and O–H groups in total. The third-order valence-electron chi connectivity index (χ3n) is 4.23. The molecule has 21 heavy (non-hydrogen) atoms. The van der Waals surface area contributed by atoms with E-state index in [1.165, 1.54) is 24.0 Å². The lowest BCUT2D eigenvalue weighted by atomic mass is 9.72. The molecule has 0 spiro atoms. The Bertz CT molecular complexity index is 474. The molecular formula is C19H30O2. The topological polar surface area (TPSA) is 40.5 Å². The maximum Gasteiger partial charge on any atom is 0.0986 e. The molecule has 2 heteroatoms. The van der Waals surface area contributed by atoms with Gasteiger partial charge in [-0.05, 0) is 63.2 Å². The molecule has 1 rings (SSSR count). The largest absolute Gasteiger partial charge is 0.392 e. The van der Waals surface area contributed by atoms with E-state index < -0.39 is 5.60 Å². The van der Waals surface area contributed by atoms with E-state index >= 15 is 0 Å². The molecule has 1 aliphatic carbocycles. The minimum absolute atomic E-state index is 0.0222. The Hall–Kier alpha value is -1.12. The van der Waals surface area contributed by atoms with Crippen LogP contribution in [0.2, 0.25) is 0 Å². The Kier molecular flexibility index (Phi) is 6.18. The molecule has 0 saturated heterocycles. The average Bonchev–Trinajstić information content (AvgIpc) is 2.35. The highest BCUT2D eigenvalue weighted by molar-refractivity contribution is 5.35. The zero-order valence-corrected chi connectivity index (χ0v) is 14.1. The summed E-state index contributed by atoms with van der Waals surface area (Å²) in [6, 6.07) is 0. The van der Waals surface area contributed by atoms with E-state index in [4.69, 9.17) is 5.11 Å². The quantitative estimate of drug-likeness (QED) is 0.740. The van der Waals surface area contributed by atoms with Crippen LogP contribution in [0.15, 0.2) is 47.1 Å². The summed E-state index contributed by atoms with van der Waals surface area (Å²) in [6.07, 6.45) is 12.9. The number of allylic oxidation sites excluding steroid dienone is 5. The van der Waals surface area contributed by atoms with Crippen molar-refractivity contribution in [3.63, 3.8) is 0 Å². The number of aliphatic hydroxyl groups excluding tert-OH is 1. The molecule has 0 aromatic heterocycles. The normalized spacial score (nSPS) is 23.1. The summed E-state index contributed by atoms with van der Waals surface area (Å²) in [5, 5.41) is 19.3. The van der Waals surface area contributed by atoms with Crippen molar-refractivity contribution < 1.29 is 10.2 Å². The number of rotatable bonds is 5. The highest BCUT2D eigenvalue weighted by Gasteiger charge is 2.27. The summed E-state index contributed by atoms with van der Waals surface area (Å²) in [5.74, 6) is 0. The SMILES string of the molecule is CC(C=CC(C)(O)C=CC1=C(C)CCCC1(C)C)=CCO. The van der Waals surface area contributed by atoms with Gasteiger partial charge in [-0.15, -0.1) is 0 Å². The van der Waals surface area contributed by atoms with Crippen molar-refractivity contribution in [1.82, 2.24) is 0 Å². The second-order valence-electron chi connectivity index (χ2n) is 6.95. The van der Waals surface area contributed by atoms with Gasteiger partial charge in [-0.2, -0.15) is 0 Å². The van der Waals surface area contributed by atoms with Crippen LogP contribution in [0.4, 0.5) is 0 Å². The van der Waals surface area contributed by atoms with Crippen molar-refractivity contribution in [1.29, 1.82) is 0 Å². The third kappa shape index (κ3) is 5.64. The summed E-state index contributed by atoms with van der Waals surface area (Å²) >= 11 is 0. The van der Waals surface area contributed by atoms with Gasteiger partial charge in [0.25, 0.3) is 0 Å². The number of hydrogen-bond acceptors (Lipinski definition) is 2. The second-order valence-corrected chi connectivity index (χ2v) is 6.95. The monoisotopic (exact) mass is 290 g/mol. The van der Waals surface area contributed by atoms with Crippen LogP contribution in [0, 0.1) is 5.41 Å². The van der Waals surface area contributed by atoms with Crippen LogP contribution in [0.1, 0.15) is 53.9 Å². The Morgan fingerprint density at radius 2 is 2.00 bits per heavy atom. The highest BCUT2D eigenvalue weighted by atomic mass is 16.3. The van der Waals surface area contributed by atoms with Gasteiger partial charge < -0.3 is 10.2 Å². The van der Waals surface area contributed by atoms with Gasteiger partial charge in [0.1, 0.15) is 0 Å². The summed E-state index contributed by atoms with van der Waals surface area (Å²) in [5.41, 5.74) is 2.93. The van der Waals surface area contributed by atoms with E-state index in [9.17, 15) is 5.11 Å². The van der Waals surface area contributed by atoms with Crippen molar-refractivity contribution in [3.05, 3.63) is 47.1 Å². The van der Waals surface area contributed by atoms with Gasteiger partial charge in [0, 0.05) is 0 Å². The summed E-state index contributed by atoms with van der Waals surface area (Å²) in [7, 11) is 0. The van der Waals surface area contributed by atoms with Gasteiger partial charge in [0.05, 0.1) is 12.2 Å². The Morgan fingerprint density at radius 1 is 1.33 bits per heavy atom. The fraction of sp³-hybridized carbons (Fsp3) is 0.579. The standard InChI is InChI=1S/C19H30O2/c1-15(10-14-20)8-12-19(5,21)13-9-17-16(2)7-6-11-18(17,3)4/h8-10,12-13,20-21H,6-7,11,14H2,1-5H3. The maximum atomic E-state index is 10.4. The smallest absolute Gasteiger partial charge is 0.0986 e. The van der Waals surface area contributed by atoms with E-state index in [1.807, 2.05) is 19.1 Å². The van der Waals surface area contributed by atoms with E-state index in [-0.39, 0.29) is 12.0 Å². The first-order valence-corrected chi connectivity index (χ1v) is 7.77. The van der Waals surface area contributed by atoms with Crippen molar-refractivity contribution >= 4 is 0 Å². The molecule has 0 aliphatic heterocycles. The highest BCUT2D eigenvalue weighted by Crippen LogP contribution is 2.40. The third-order valence-corrected chi connectivity index (χ3v) is 4.23. The molecule has 0 bridgehead atoms. The molecule has 1 unspecified atom stereocenters. The van der Waals surface area contributed by atoms with Gasteiger partial charge in [-0.3, -0.25) is 0 Å². The van der Waals surface area contributed by atoms with Crippen molar-refractivity contribution in [2.24, 2.45) is 5.41 Å². The fourth-order valence-corrected chi connectivity index (χ4v) is 2.83. The zero-order valence-electron chi connectivity index (χ0n) is 14.1. The predicted molar refractivity (Wildman–Crippen MR) is 90.1 cm³/mol. The molecule has 1 atom stereocenters. The lowest BCUT2D eigenvalue weighted by Gasteiger charge is -2.33. The fourth-order valence-electron chi connectivity index (χ4n) is 2.83. The van der Waals surface area contributed by atoms with Crippen molar-refractivity contribution in [2.75, 3.05) is 6.61 Å². The van der Waals surface area contributed by atoms with Crippen molar-refractivity contribution in [3.8, 4) is 0 Å². The van der Waals surface area contributed by atoms with Gasteiger partial charge in [-0.1, -0.05) is 43.2 Å². The van der Waals surface area contributed by atoms with Crippen LogP contribution < -0.4 is 0 Å². The molecule has 0 aromatic rings. The zero-order chi connectivity index (χ0) is 16.1. The minimum Gasteiger partial charge on any atom is -0.392 e. The van der Waals surface area contributed by atoms with Crippen molar-refractivity contribution in [2.45, 2.75) is 59.5 Å². The van der Waals surface area contributed by atoms with Gasteiger partial charge in [-0.25, -0.2) is 0 Å². The number of hydrogen-bond donors (Lipinski definition) is 2. The second kappa shape index (κ2) is 7.24. The predicted octanol–water partition coefficient (Wildman–Crippen LogP) is 4.32. The molecule has 0 fully saturated rings. The number of aliphatic hydroxyl groups is 2. The van der Waals surface area contributed by atoms with Gasteiger partial charge in [0.15, 0.2) is 0 Å². The van der Waals surface area contributed by atoms with Crippen LogP contribution in [0.3, 0.4) is 0 Å². The van der Waals surface area contributed by atoms with E-state index in [0.717, 1.165) is 12.0 Å². The van der Waals surface area contributed by atoms with Crippen LogP contribution in [-0.4, -0.2) is 22.4 Å². The van der Waals surface area contributed by atoms with Crippen LogP contribution in [0.5, 0.6) is 0 Å². The van der Waals surface area contributed by atoms with Crippen LogP contribution >= 0.6 is 0 Å². The molecule has 118 valence electrons. The molecule has 0 heterocycles. The maximum absolute atomic E-state index is 10.4. The molecule has 2 nitrogen and oxygen atoms in total. The Morgan fingerprint density at radius 3 is 2.57 bits per heavy atom.